The fourth-order valence-corrected chi connectivity index (χ4v) is 1.41. The van der Waals surface area contributed by atoms with Crippen LogP contribution in [0.15, 0.2) is 0 Å². The second kappa shape index (κ2) is 5.70. The van der Waals surface area contributed by atoms with E-state index in [4.69, 9.17) is 4.89 Å². The summed E-state index contributed by atoms with van der Waals surface area (Å²) in [5, 5.41) is 0. The van der Waals surface area contributed by atoms with Crippen molar-refractivity contribution < 1.29 is 28.0 Å². The molecule has 0 fully saturated rings. The van der Waals surface area contributed by atoms with Gasteiger partial charge in [0.2, 0.25) is 0 Å². The second-order valence-corrected chi connectivity index (χ2v) is 4.61. The van der Waals surface area contributed by atoms with Crippen molar-refractivity contribution in [2.24, 2.45) is 5.41 Å². The Morgan fingerprint density at radius 1 is 1.31 bits per heavy atom. The lowest BCUT2D eigenvalue weighted by Crippen LogP contribution is -2.23. The summed E-state index contributed by atoms with van der Waals surface area (Å²) in [5.41, 5.74) is -0.608. The Balaban J connectivity index is 3.79. The SMILES string of the molecule is CC(C)(CO[P+](=O)[O-])CO[P+](=O)O. The van der Waals surface area contributed by atoms with Crippen molar-refractivity contribution in [3.63, 3.8) is 0 Å². The zero-order chi connectivity index (χ0) is 10.5. The fourth-order valence-electron chi connectivity index (χ4n) is 0.499. The molecule has 0 aliphatic carbocycles. The topological polar surface area (TPSA) is 95.9 Å². The third-order valence-electron chi connectivity index (χ3n) is 1.13. The summed E-state index contributed by atoms with van der Waals surface area (Å²) >= 11 is 0. The quantitative estimate of drug-likeness (QED) is 0.674. The minimum Gasteiger partial charge on any atom is -0.566 e. The van der Waals surface area contributed by atoms with Crippen LogP contribution in [0.4, 0.5) is 0 Å². The molecule has 0 aromatic carbocycles. The van der Waals surface area contributed by atoms with Crippen LogP contribution in [0.25, 0.3) is 0 Å². The lowest BCUT2D eigenvalue weighted by molar-refractivity contribution is -0.187. The van der Waals surface area contributed by atoms with Crippen LogP contribution in [0.1, 0.15) is 13.8 Å². The van der Waals surface area contributed by atoms with Crippen molar-refractivity contribution in [1.82, 2.24) is 0 Å². The van der Waals surface area contributed by atoms with Gasteiger partial charge < -0.3 is 4.89 Å². The van der Waals surface area contributed by atoms with Crippen molar-refractivity contribution in [3.8, 4) is 0 Å². The van der Waals surface area contributed by atoms with Gasteiger partial charge in [0.25, 0.3) is 0 Å². The molecule has 0 heterocycles. The molecular formula is C5H11O6P2+. The molecule has 0 saturated carbocycles. The predicted octanol–water partition coefficient (Wildman–Crippen LogP) is 0.713. The van der Waals surface area contributed by atoms with Crippen LogP contribution in [-0.4, -0.2) is 18.1 Å². The van der Waals surface area contributed by atoms with E-state index >= 15 is 0 Å². The van der Waals surface area contributed by atoms with Crippen LogP contribution in [-0.2, 0) is 18.2 Å². The first-order valence-corrected chi connectivity index (χ1v) is 5.62. The standard InChI is InChI=1S/C5H10O6P2/c1-5(2,3-10-12(6)7)4-11-13(8)9/h3-4H2,1-2H3/p+1. The van der Waals surface area contributed by atoms with E-state index in [1.165, 1.54) is 0 Å². The Bertz CT molecular complexity index is 183. The van der Waals surface area contributed by atoms with Gasteiger partial charge in [0.05, 0.1) is 0 Å². The van der Waals surface area contributed by atoms with Gasteiger partial charge in [-0.2, -0.15) is 0 Å². The summed E-state index contributed by atoms with van der Waals surface area (Å²) in [6, 6.07) is 0. The maximum absolute atomic E-state index is 10.1. The van der Waals surface area contributed by atoms with E-state index in [2.05, 4.69) is 9.05 Å². The Morgan fingerprint density at radius 2 is 1.77 bits per heavy atom. The largest absolute Gasteiger partial charge is 0.694 e. The molecule has 0 aliphatic rings. The van der Waals surface area contributed by atoms with Crippen molar-refractivity contribution >= 4 is 16.5 Å². The first kappa shape index (κ1) is 13.0. The van der Waals surface area contributed by atoms with Crippen LogP contribution in [0.2, 0.25) is 0 Å². The summed E-state index contributed by atoms with van der Waals surface area (Å²) in [5.74, 6) is 0. The number of rotatable bonds is 6. The number of hydrogen-bond donors (Lipinski definition) is 1. The average Bonchev–Trinajstić information content (AvgIpc) is 1.98. The highest BCUT2D eigenvalue weighted by Gasteiger charge is 2.27. The van der Waals surface area contributed by atoms with Gasteiger partial charge in [-0.25, -0.2) is 0 Å². The normalized spacial score (nSPS) is 14.2. The summed E-state index contributed by atoms with van der Waals surface area (Å²) in [6.45, 7) is 3.20. The Morgan fingerprint density at radius 3 is 2.15 bits per heavy atom. The Hall–Kier alpha value is 0.0400. The van der Waals surface area contributed by atoms with Gasteiger partial charge >= 0.3 is 16.5 Å². The van der Waals surface area contributed by atoms with Gasteiger partial charge in [0.1, 0.15) is 13.2 Å². The molecule has 0 bridgehead atoms. The van der Waals surface area contributed by atoms with E-state index in [-0.39, 0.29) is 13.2 Å². The van der Waals surface area contributed by atoms with Gasteiger partial charge in [-0.15, -0.1) is 13.9 Å². The molecule has 0 spiro atoms. The van der Waals surface area contributed by atoms with Crippen LogP contribution in [0.3, 0.4) is 0 Å². The zero-order valence-electron chi connectivity index (χ0n) is 7.30. The first-order valence-electron chi connectivity index (χ1n) is 3.40. The Kier molecular flexibility index (Phi) is 5.72. The highest BCUT2D eigenvalue weighted by atomic mass is 31.1. The second-order valence-electron chi connectivity index (χ2n) is 3.17. The summed E-state index contributed by atoms with van der Waals surface area (Å²) < 4.78 is 29.0. The minimum absolute atomic E-state index is 0.0398. The molecule has 0 saturated heterocycles. The highest BCUT2D eigenvalue weighted by Crippen LogP contribution is 2.25. The van der Waals surface area contributed by atoms with Crippen LogP contribution in [0.5, 0.6) is 0 Å². The van der Waals surface area contributed by atoms with Gasteiger partial charge in [-0.1, -0.05) is 13.8 Å². The van der Waals surface area contributed by atoms with E-state index in [1.54, 1.807) is 13.8 Å². The average molecular weight is 229 g/mol. The summed E-state index contributed by atoms with van der Waals surface area (Å²) in [6.07, 6.45) is 0. The predicted molar refractivity (Wildman–Crippen MR) is 43.1 cm³/mol. The van der Waals surface area contributed by atoms with Crippen molar-refractivity contribution in [3.05, 3.63) is 0 Å². The van der Waals surface area contributed by atoms with Crippen LogP contribution < -0.4 is 4.89 Å². The lowest BCUT2D eigenvalue weighted by Gasteiger charge is -2.16. The van der Waals surface area contributed by atoms with E-state index < -0.39 is 21.9 Å². The molecule has 13 heavy (non-hydrogen) atoms. The van der Waals surface area contributed by atoms with Gasteiger partial charge in [-0.05, 0) is 4.57 Å². The molecule has 8 heteroatoms. The fraction of sp³-hybridized carbons (Fsp3) is 1.00. The zero-order valence-corrected chi connectivity index (χ0v) is 9.09. The van der Waals surface area contributed by atoms with Gasteiger partial charge in [0.15, 0.2) is 0 Å². The molecule has 0 aromatic rings. The van der Waals surface area contributed by atoms with E-state index in [1.807, 2.05) is 0 Å². The molecule has 0 radical (unpaired) electrons. The third-order valence-corrected chi connectivity index (χ3v) is 1.82. The molecule has 1 N–H and O–H groups in total. The lowest BCUT2D eigenvalue weighted by atomic mass is 9.97. The molecule has 76 valence electrons. The smallest absolute Gasteiger partial charge is 0.566 e. The molecule has 6 nitrogen and oxygen atoms in total. The maximum atomic E-state index is 10.1. The summed E-state index contributed by atoms with van der Waals surface area (Å²) in [7, 11) is -5.53. The third kappa shape index (κ3) is 8.37. The molecule has 2 unspecified atom stereocenters. The van der Waals surface area contributed by atoms with Crippen molar-refractivity contribution in [2.75, 3.05) is 13.2 Å². The molecular weight excluding hydrogens is 218 g/mol. The number of hydrogen-bond acceptors (Lipinski definition) is 5. The maximum Gasteiger partial charge on any atom is 0.694 e. The minimum atomic E-state index is -2.88. The summed E-state index contributed by atoms with van der Waals surface area (Å²) in [4.78, 5) is 18.4. The van der Waals surface area contributed by atoms with E-state index in [0.717, 1.165) is 0 Å². The highest BCUT2D eigenvalue weighted by molar-refractivity contribution is 7.32. The monoisotopic (exact) mass is 229 g/mol. The molecule has 0 aromatic heterocycles. The first-order chi connectivity index (χ1) is 5.83. The molecule has 0 rings (SSSR count). The molecule has 0 amide bonds. The van der Waals surface area contributed by atoms with Crippen LogP contribution in [0, 0.1) is 5.41 Å². The molecule has 0 aliphatic heterocycles. The van der Waals surface area contributed by atoms with Crippen molar-refractivity contribution in [2.45, 2.75) is 13.8 Å². The van der Waals surface area contributed by atoms with E-state index in [9.17, 15) is 14.0 Å². The van der Waals surface area contributed by atoms with Crippen LogP contribution >= 0.6 is 16.5 Å². The molecule has 2 atom stereocenters. The van der Waals surface area contributed by atoms with Gasteiger partial charge in [-0.3, -0.25) is 0 Å². The Labute approximate surface area is 77.8 Å². The van der Waals surface area contributed by atoms with E-state index in [0.29, 0.717) is 0 Å². The van der Waals surface area contributed by atoms with Gasteiger partial charge in [0, 0.05) is 9.98 Å². The van der Waals surface area contributed by atoms with Crippen molar-refractivity contribution in [1.29, 1.82) is 0 Å².